The lowest BCUT2D eigenvalue weighted by Gasteiger charge is -2.20. The van der Waals surface area contributed by atoms with Crippen LogP contribution in [0.25, 0.3) is 16.5 Å². The average Bonchev–Trinajstić information content (AvgIpc) is 3.23. The molecular formula is C26H21ClN4O5S. The van der Waals surface area contributed by atoms with Crippen molar-refractivity contribution >= 4 is 49.7 Å². The Morgan fingerprint density at radius 3 is 2.51 bits per heavy atom. The van der Waals surface area contributed by atoms with E-state index < -0.39 is 27.1 Å². The molecule has 11 heteroatoms. The fourth-order valence-electron chi connectivity index (χ4n) is 4.43. The number of pyridine rings is 1. The lowest BCUT2D eigenvalue weighted by atomic mass is 9.90. The number of carbonyl (C=O) groups is 2. The minimum absolute atomic E-state index is 0.0576. The van der Waals surface area contributed by atoms with Gasteiger partial charge < -0.3 is 4.74 Å². The lowest BCUT2D eigenvalue weighted by molar-refractivity contribution is -0.140. The fourth-order valence-corrected chi connectivity index (χ4v) is 5.57. The van der Waals surface area contributed by atoms with Crippen molar-refractivity contribution in [1.82, 2.24) is 14.8 Å². The second-order valence-corrected chi connectivity index (χ2v) is 11.3. The number of ketones is 1. The second kappa shape index (κ2) is 9.20. The molecule has 1 aliphatic rings. The maximum Gasteiger partial charge on any atom is 0.330 e. The summed E-state index contributed by atoms with van der Waals surface area (Å²) in [6.45, 7) is 0. The molecule has 2 aromatic heterocycles. The first kappa shape index (κ1) is 24.8. The van der Waals surface area contributed by atoms with E-state index in [2.05, 4.69) is 15.1 Å². The SMILES string of the molecule is COC(=O)C(c1ccc2c(n1)=C(c1ccc(Cl)cc1)C(=O)C(c1ccc3nn(C)cc3c1)N=2)S(C)(=O)=O. The van der Waals surface area contributed by atoms with E-state index >= 15 is 0 Å². The Morgan fingerprint density at radius 1 is 1.11 bits per heavy atom. The summed E-state index contributed by atoms with van der Waals surface area (Å²) in [5.74, 6) is -1.29. The van der Waals surface area contributed by atoms with Gasteiger partial charge in [-0.15, -0.1) is 0 Å². The molecule has 0 N–H and O–H groups in total. The van der Waals surface area contributed by atoms with E-state index in [1.165, 1.54) is 6.07 Å². The minimum atomic E-state index is -3.92. The van der Waals surface area contributed by atoms with Gasteiger partial charge >= 0.3 is 5.97 Å². The molecule has 4 aromatic rings. The normalized spacial score (nSPS) is 16.3. The van der Waals surface area contributed by atoms with Crippen molar-refractivity contribution in [3.63, 3.8) is 0 Å². The molecule has 0 aliphatic carbocycles. The van der Waals surface area contributed by atoms with Crippen LogP contribution >= 0.6 is 11.6 Å². The van der Waals surface area contributed by atoms with Gasteiger partial charge in [-0.1, -0.05) is 29.8 Å². The third kappa shape index (κ3) is 4.54. The van der Waals surface area contributed by atoms with Crippen LogP contribution in [0, 0.1) is 0 Å². The van der Waals surface area contributed by atoms with Gasteiger partial charge in [0.05, 0.1) is 29.3 Å². The highest BCUT2D eigenvalue weighted by Gasteiger charge is 2.35. The molecule has 0 fully saturated rings. The molecule has 9 nitrogen and oxygen atoms in total. The Balaban J connectivity index is 1.77. The molecular weight excluding hydrogens is 516 g/mol. The zero-order valence-corrected chi connectivity index (χ0v) is 21.6. The Hall–Kier alpha value is -3.89. The number of fused-ring (bicyclic) bond motifs is 2. The van der Waals surface area contributed by atoms with E-state index in [4.69, 9.17) is 16.3 Å². The number of esters is 1. The molecule has 5 rings (SSSR count). The zero-order valence-electron chi connectivity index (χ0n) is 20.0. The highest BCUT2D eigenvalue weighted by Crippen LogP contribution is 2.30. The topological polar surface area (TPSA) is 121 Å². The number of hydrogen-bond donors (Lipinski definition) is 0. The summed E-state index contributed by atoms with van der Waals surface area (Å²) in [6, 6.07) is 14.3. The van der Waals surface area contributed by atoms with E-state index in [1.54, 1.807) is 35.0 Å². The molecule has 2 unspecified atom stereocenters. The first-order valence-corrected chi connectivity index (χ1v) is 13.5. The van der Waals surface area contributed by atoms with Gasteiger partial charge in [-0.25, -0.2) is 13.4 Å². The van der Waals surface area contributed by atoms with E-state index in [-0.39, 0.29) is 22.4 Å². The number of rotatable bonds is 5. The van der Waals surface area contributed by atoms with Crippen LogP contribution in [-0.2, 0) is 31.2 Å². The van der Waals surface area contributed by atoms with Crippen molar-refractivity contribution in [2.24, 2.45) is 12.0 Å². The molecule has 3 heterocycles. The smallest absolute Gasteiger partial charge is 0.330 e. The van der Waals surface area contributed by atoms with Crippen LogP contribution in [0.15, 0.2) is 65.8 Å². The minimum Gasteiger partial charge on any atom is -0.468 e. The summed E-state index contributed by atoms with van der Waals surface area (Å²) in [4.78, 5) is 35.5. The summed E-state index contributed by atoms with van der Waals surface area (Å²) in [5, 5.41) is 4.66. The number of halogens is 1. The molecule has 188 valence electrons. The highest BCUT2D eigenvalue weighted by molar-refractivity contribution is 7.91. The molecule has 0 bridgehead atoms. The predicted molar refractivity (Wildman–Crippen MR) is 137 cm³/mol. The summed E-state index contributed by atoms with van der Waals surface area (Å²) in [6.07, 6.45) is 2.79. The van der Waals surface area contributed by atoms with Crippen LogP contribution in [0.4, 0.5) is 0 Å². The van der Waals surface area contributed by atoms with Gasteiger partial charge in [-0.3, -0.25) is 19.3 Å². The largest absolute Gasteiger partial charge is 0.468 e. The quantitative estimate of drug-likeness (QED) is 0.358. The van der Waals surface area contributed by atoms with Crippen molar-refractivity contribution in [3.8, 4) is 0 Å². The van der Waals surface area contributed by atoms with Gasteiger partial charge in [0.15, 0.2) is 20.9 Å². The maximum absolute atomic E-state index is 13.9. The van der Waals surface area contributed by atoms with Gasteiger partial charge in [0.25, 0.3) is 0 Å². The fraction of sp³-hybridized carbons (Fsp3) is 0.192. The number of sulfone groups is 1. The van der Waals surface area contributed by atoms with Crippen molar-refractivity contribution in [2.45, 2.75) is 11.3 Å². The molecule has 37 heavy (non-hydrogen) atoms. The van der Waals surface area contributed by atoms with Crippen molar-refractivity contribution < 1.29 is 22.7 Å². The average molecular weight is 537 g/mol. The lowest BCUT2D eigenvalue weighted by Crippen LogP contribution is -2.41. The van der Waals surface area contributed by atoms with Crippen LogP contribution in [-0.4, -0.2) is 48.3 Å². The molecule has 2 aromatic carbocycles. The molecule has 0 amide bonds. The molecule has 1 aliphatic heterocycles. The molecule has 0 saturated carbocycles. The van der Waals surface area contributed by atoms with Gasteiger partial charge in [0.2, 0.25) is 0 Å². The maximum atomic E-state index is 13.9. The van der Waals surface area contributed by atoms with Crippen LogP contribution in [0.5, 0.6) is 0 Å². The van der Waals surface area contributed by atoms with Crippen molar-refractivity contribution in [1.29, 1.82) is 0 Å². The van der Waals surface area contributed by atoms with E-state index in [0.717, 1.165) is 24.3 Å². The van der Waals surface area contributed by atoms with E-state index in [0.29, 0.717) is 21.5 Å². The van der Waals surface area contributed by atoms with Gasteiger partial charge in [-0.05, 0) is 47.5 Å². The monoisotopic (exact) mass is 536 g/mol. The number of carbonyl (C=O) groups excluding carboxylic acids is 2. The Kier molecular flexibility index (Phi) is 6.17. The molecule has 0 radical (unpaired) electrons. The summed E-state index contributed by atoms with van der Waals surface area (Å²) in [5.41, 5.74) is 2.19. The zero-order chi connectivity index (χ0) is 26.5. The molecule has 0 saturated heterocycles. The summed E-state index contributed by atoms with van der Waals surface area (Å²) < 4.78 is 31.3. The third-order valence-corrected chi connectivity index (χ3v) is 7.64. The van der Waals surface area contributed by atoms with E-state index in [1.807, 2.05) is 31.4 Å². The van der Waals surface area contributed by atoms with Crippen molar-refractivity contribution in [2.75, 3.05) is 13.4 Å². The van der Waals surface area contributed by atoms with Crippen molar-refractivity contribution in [3.05, 3.63) is 93.3 Å². The predicted octanol–water partition coefficient (Wildman–Crippen LogP) is 2.02. The first-order chi connectivity index (χ1) is 17.6. The standard InChI is InChI=1S/C26H21ClN4O5S/c1-31-13-16-12-15(6-9-18(16)30-31)22-24(32)21(14-4-7-17(27)8-5-14)23-19(28-22)10-11-20(29-23)25(26(33)36-2)37(3,34)35/h4-13,22,25H,1-3H3. The molecule has 0 spiro atoms. The number of aromatic nitrogens is 3. The van der Waals surface area contributed by atoms with Gasteiger partial charge in [0, 0.05) is 29.9 Å². The number of benzene rings is 2. The summed E-state index contributed by atoms with van der Waals surface area (Å²) in [7, 11) is -0.994. The summed E-state index contributed by atoms with van der Waals surface area (Å²) >= 11 is 6.08. The van der Waals surface area contributed by atoms with Crippen LogP contribution in [0.1, 0.15) is 28.1 Å². The Labute approximate surface area is 217 Å². The van der Waals surface area contributed by atoms with Crippen LogP contribution in [0.3, 0.4) is 0 Å². The second-order valence-electron chi connectivity index (χ2n) is 8.74. The van der Waals surface area contributed by atoms with Gasteiger partial charge in [0.1, 0.15) is 11.4 Å². The first-order valence-electron chi connectivity index (χ1n) is 11.2. The number of aryl methyl sites for hydroxylation is 1. The number of nitrogens with zero attached hydrogens (tertiary/aromatic N) is 4. The third-order valence-electron chi connectivity index (χ3n) is 6.10. The van der Waals surface area contributed by atoms with Gasteiger partial charge in [-0.2, -0.15) is 5.10 Å². The Morgan fingerprint density at radius 2 is 1.84 bits per heavy atom. The highest BCUT2D eigenvalue weighted by atomic mass is 35.5. The molecule has 2 atom stereocenters. The number of hydrogen-bond acceptors (Lipinski definition) is 8. The number of Topliss-reactive ketones (excluding diaryl/α,β-unsaturated/α-hetero) is 1. The van der Waals surface area contributed by atoms with E-state index in [9.17, 15) is 18.0 Å². The Bertz CT molecular complexity index is 1810. The van der Waals surface area contributed by atoms with Crippen LogP contribution < -0.4 is 10.7 Å². The number of ether oxygens (including phenoxy) is 1. The number of methoxy groups -OCH3 is 1. The van der Waals surface area contributed by atoms with Crippen LogP contribution in [0.2, 0.25) is 5.02 Å².